The van der Waals surface area contributed by atoms with Gasteiger partial charge in [0, 0.05) is 25.1 Å². The molecule has 0 spiro atoms. The lowest BCUT2D eigenvalue weighted by molar-refractivity contribution is 0.0255. The molecule has 0 aromatic heterocycles. The SMILES string of the molecule is CCOC1CCN(C(=N)C(C)(C)C)CC1. The number of ether oxygens (including phenoxy) is 1. The van der Waals surface area contributed by atoms with Gasteiger partial charge in [-0.3, -0.25) is 5.41 Å². The van der Waals surface area contributed by atoms with Crippen LogP contribution in [0.25, 0.3) is 0 Å². The molecule has 3 nitrogen and oxygen atoms in total. The second kappa shape index (κ2) is 4.97. The number of hydrogen-bond donors (Lipinski definition) is 1. The van der Waals surface area contributed by atoms with E-state index >= 15 is 0 Å². The highest BCUT2D eigenvalue weighted by molar-refractivity contribution is 5.84. The summed E-state index contributed by atoms with van der Waals surface area (Å²) in [6, 6.07) is 0. The van der Waals surface area contributed by atoms with Gasteiger partial charge in [-0.1, -0.05) is 20.8 Å². The first kappa shape index (κ1) is 12.5. The average Bonchev–Trinajstić information content (AvgIpc) is 2.17. The lowest BCUT2D eigenvalue weighted by atomic mass is 9.92. The zero-order valence-electron chi connectivity index (χ0n) is 10.5. The van der Waals surface area contributed by atoms with E-state index in [-0.39, 0.29) is 5.41 Å². The Labute approximate surface area is 93.3 Å². The number of piperidine rings is 1. The Morgan fingerprint density at radius 2 is 1.87 bits per heavy atom. The molecule has 1 aliphatic rings. The maximum atomic E-state index is 8.09. The molecule has 0 aromatic carbocycles. The Balaban J connectivity index is 2.41. The third kappa shape index (κ3) is 3.49. The van der Waals surface area contributed by atoms with Gasteiger partial charge in [0.15, 0.2) is 0 Å². The van der Waals surface area contributed by atoms with Crippen LogP contribution in [0.5, 0.6) is 0 Å². The largest absolute Gasteiger partial charge is 0.378 e. The summed E-state index contributed by atoms with van der Waals surface area (Å²) in [4.78, 5) is 2.19. The van der Waals surface area contributed by atoms with Gasteiger partial charge in [-0.25, -0.2) is 0 Å². The summed E-state index contributed by atoms with van der Waals surface area (Å²) >= 11 is 0. The maximum Gasteiger partial charge on any atom is 0.101 e. The van der Waals surface area contributed by atoms with Crippen molar-refractivity contribution in [2.75, 3.05) is 19.7 Å². The molecule has 0 aliphatic carbocycles. The van der Waals surface area contributed by atoms with Crippen molar-refractivity contribution in [1.82, 2.24) is 4.90 Å². The summed E-state index contributed by atoms with van der Waals surface area (Å²) < 4.78 is 5.60. The fourth-order valence-electron chi connectivity index (χ4n) is 1.96. The maximum absolute atomic E-state index is 8.09. The number of nitrogens with one attached hydrogen (secondary N) is 1. The van der Waals surface area contributed by atoms with Gasteiger partial charge in [-0.2, -0.15) is 0 Å². The Hall–Kier alpha value is -0.570. The van der Waals surface area contributed by atoms with E-state index in [0.29, 0.717) is 6.10 Å². The standard InChI is InChI=1S/C12H24N2O/c1-5-15-10-6-8-14(9-7-10)11(13)12(2,3)4/h10,13H,5-9H2,1-4H3. The molecular formula is C12H24N2O. The van der Waals surface area contributed by atoms with Crippen molar-refractivity contribution in [3.8, 4) is 0 Å². The minimum absolute atomic E-state index is 0.0293. The van der Waals surface area contributed by atoms with Crippen LogP contribution >= 0.6 is 0 Å². The van der Waals surface area contributed by atoms with Crippen molar-refractivity contribution >= 4 is 5.84 Å². The van der Waals surface area contributed by atoms with Crippen LogP contribution in [0.15, 0.2) is 0 Å². The summed E-state index contributed by atoms with van der Waals surface area (Å²) in [5.74, 6) is 0.762. The minimum atomic E-state index is -0.0293. The molecule has 15 heavy (non-hydrogen) atoms. The van der Waals surface area contributed by atoms with E-state index in [0.717, 1.165) is 38.4 Å². The Bertz CT molecular complexity index is 212. The van der Waals surface area contributed by atoms with E-state index in [1.807, 2.05) is 6.92 Å². The van der Waals surface area contributed by atoms with Crippen molar-refractivity contribution in [2.45, 2.75) is 46.6 Å². The first-order chi connectivity index (χ1) is 6.95. The van der Waals surface area contributed by atoms with Crippen molar-refractivity contribution in [1.29, 1.82) is 5.41 Å². The Morgan fingerprint density at radius 1 is 1.33 bits per heavy atom. The van der Waals surface area contributed by atoms with E-state index in [4.69, 9.17) is 10.1 Å². The highest BCUT2D eigenvalue weighted by Gasteiger charge is 2.27. The second-order valence-corrected chi connectivity index (χ2v) is 5.24. The molecule has 0 aromatic rings. The third-order valence-corrected chi connectivity index (χ3v) is 2.87. The highest BCUT2D eigenvalue weighted by Crippen LogP contribution is 2.22. The number of rotatable bonds is 2. The second-order valence-electron chi connectivity index (χ2n) is 5.24. The van der Waals surface area contributed by atoms with E-state index in [1.54, 1.807) is 0 Å². The van der Waals surface area contributed by atoms with Gasteiger partial charge >= 0.3 is 0 Å². The summed E-state index contributed by atoms with van der Waals surface area (Å²) in [5, 5.41) is 8.09. The molecule has 1 fully saturated rings. The van der Waals surface area contributed by atoms with Crippen LogP contribution in [0, 0.1) is 10.8 Å². The first-order valence-corrected chi connectivity index (χ1v) is 5.90. The third-order valence-electron chi connectivity index (χ3n) is 2.87. The van der Waals surface area contributed by atoms with Crippen LogP contribution in [-0.2, 0) is 4.74 Å². The van der Waals surface area contributed by atoms with E-state index in [9.17, 15) is 0 Å². The van der Waals surface area contributed by atoms with Gasteiger partial charge in [-0.15, -0.1) is 0 Å². The average molecular weight is 212 g/mol. The van der Waals surface area contributed by atoms with Crippen molar-refractivity contribution < 1.29 is 4.74 Å². The fourth-order valence-corrected chi connectivity index (χ4v) is 1.96. The van der Waals surface area contributed by atoms with Gasteiger partial charge in [0.2, 0.25) is 0 Å². The van der Waals surface area contributed by atoms with Gasteiger partial charge < -0.3 is 9.64 Å². The molecule has 0 radical (unpaired) electrons. The lowest BCUT2D eigenvalue weighted by Gasteiger charge is -2.37. The van der Waals surface area contributed by atoms with Crippen molar-refractivity contribution in [3.05, 3.63) is 0 Å². The molecule has 1 rings (SSSR count). The molecule has 1 aliphatic heterocycles. The number of likely N-dealkylation sites (tertiary alicyclic amines) is 1. The van der Waals surface area contributed by atoms with Crippen LogP contribution in [0.1, 0.15) is 40.5 Å². The van der Waals surface area contributed by atoms with Crippen molar-refractivity contribution in [3.63, 3.8) is 0 Å². The minimum Gasteiger partial charge on any atom is -0.378 e. The molecule has 0 unspecified atom stereocenters. The van der Waals surface area contributed by atoms with Gasteiger partial charge in [-0.05, 0) is 19.8 Å². The van der Waals surface area contributed by atoms with Crippen LogP contribution in [-0.4, -0.2) is 36.5 Å². The van der Waals surface area contributed by atoms with E-state index < -0.39 is 0 Å². The van der Waals surface area contributed by atoms with Crippen LogP contribution in [0.3, 0.4) is 0 Å². The summed E-state index contributed by atoms with van der Waals surface area (Å²) in [5.41, 5.74) is -0.0293. The molecule has 1 N–H and O–H groups in total. The number of amidine groups is 1. The number of nitrogens with zero attached hydrogens (tertiary/aromatic N) is 1. The molecule has 0 amide bonds. The van der Waals surface area contributed by atoms with E-state index in [1.165, 1.54) is 0 Å². The highest BCUT2D eigenvalue weighted by atomic mass is 16.5. The van der Waals surface area contributed by atoms with Gasteiger partial charge in [0.05, 0.1) is 6.10 Å². The summed E-state index contributed by atoms with van der Waals surface area (Å²) in [6.07, 6.45) is 2.54. The monoisotopic (exact) mass is 212 g/mol. The normalized spacial score (nSPS) is 19.3. The molecule has 3 heteroatoms. The lowest BCUT2D eigenvalue weighted by Crippen LogP contribution is -2.45. The quantitative estimate of drug-likeness (QED) is 0.564. The molecule has 88 valence electrons. The predicted molar refractivity (Wildman–Crippen MR) is 63.4 cm³/mol. The van der Waals surface area contributed by atoms with Crippen LogP contribution in [0.4, 0.5) is 0 Å². The molecule has 1 heterocycles. The van der Waals surface area contributed by atoms with Crippen LogP contribution in [0.2, 0.25) is 0 Å². The predicted octanol–water partition coefficient (Wildman–Crippen LogP) is 2.51. The molecule has 0 saturated carbocycles. The first-order valence-electron chi connectivity index (χ1n) is 5.90. The van der Waals surface area contributed by atoms with Gasteiger partial charge in [0.1, 0.15) is 5.84 Å². The summed E-state index contributed by atoms with van der Waals surface area (Å²) in [7, 11) is 0. The van der Waals surface area contributed by atoms with E-state index in [2.05, 4.69) is 25.7 Å². The molecule has 0 bridgehead atoms. The Kier molecular flexibility index (Phi) is 4.14. The fraction of sp³-hybridized carbons (Fsp3) is 0.917. The smallest absolute Gasteiger partial charge is 0.101 e. The topological polar surface area (TPSA) is 36.3 Å². The number of hydrogen-bond acceptors (Lipinski definition) is 2. The molecule has 0 atom stereocenters. The van der Waals surface area contributed by atoms with Gasteiger partial charge in [0.25, 0.3) is 0 Å². The molecule has 1 saturated heterocycles. The summed E-state index contributed by atoms with van der Waals surface area (Å²) in [6.45, 7) is 11.1. The zero-order valence-corrected chi connectivity index (χ0v) is 10.5. The van der Waals surface area contributed by atoms with Crippen molar-refractivity contribution in [2.24, 2.45) is 5.41 Å². The Morgan fingerprint density at radius 3 is 2.27 bits per heavy atom. The molecular weight excluding hydrogens is 188 g/mol. The zero-order chi connectivity index (χ0) is 11.5. The van der Waals surface area contributed by atoms with Crippen LogP contribution < -0.4 is 0 Å².